The Morgan fingerprint density at radius 2 is 2.08 bits per heavy atom. The molecule has 1 amide bonds. The molecule has 5 nitrogen and oxygen atoms in total. The first-order chi connectivity index (χ1) is 12.6. The van der Waals surface area contributed by atoms with Gasteiger partial charge in [-0.25, -0.2) is 0 Å². The van der Waals surface area contributed by atoms with E-state index in [2.05, 4.69) is 34.2 Å². The lowest BCUT2D eigenvalue weighted by atomic mass is 9.78. The Hall–Kier alpha value is -1.95. The van der Waals surface area contributed by atoms with Crippen molar-refractivity contribution in [2.24, 2.45) is 5.92 Å². The third kappa shape index (κ3) is 3.34. The number of aromatic nitrogens is 3. The van der Waals surface area contributed by atoms with Crippen molar-refractivity contribution >= 4 is 18.1 Å². The fraction of sp³-hybridized carbons (Fsp3) is 0.550. The molecule has 26 heavy (non-hydrogen) atoms. The number of rotatable bonds is 3. The summed E-state index contributed by atoms with van der Waals surface area (Å²) >= 11 is 5.41. The van der Waals surface area contributed by atoms with Crippen LogP contribution in [0.15, 0.2) is 24.3 Å². The van der Waals surface area contributed by atoms with Gasteiger partial charge in [0.15, 0.2) is 10.6 Å². The molecule has 0 spiro atoms. The van der Waals surface area contributed by atoms with E-state index in [1.165, 1.54) is 25.7 Å². The van der Waals surface area contributed by atoms with E-state index >= 15 is 0 Å². The highest BCUT2D eigenvalue weighted by molar-refractivity contribution is 7.71. The minimum atomic E-state index is 0.174. The van der Waals surface area contributed by atoms with Crippen molar-refractivity contribution in [3.8, 4) is 11.4 Å². The van der Waals surface area contributed by atoms with Crippen LogP contribution in [-0.4, -0.2) is 38.2 Å². The van der Waals surface area contributed by atoms with Crippen molar-refractivity contribution in [2.45, 2.75) is 58.0 Å². The zero-order chi connectivity index (χ0) is 18.1. The Bertz CT molecular complexity index is 853. The third-order valence-electron chi connectivity index (χ3n) is 5.89. The lowest BCUT2D eigenvalue weighted by Crippen LogP contribution is -2.50. The van der Waals surface area contributed by atoms with Gasteiger partial charge in [0, 0.05) is 18.2 Å². The summed E-state index contributed by atoms with van der Waals surface area (Å²) in [5.74, 6) is 1.60. The van der Waals surface area contributed by atoms with Crippen molar-refractivity contribution in [3.05, 3.63) is 34.6 Å². The fourth-order valence-electron chi connectivity index (χ4n) is 4.63. The maximum Gasteiger partial charge on any atom is 0.242 e. The van der Waals surface area contributed by atoms with Crippen LogP contribution in [0.5, 0.6) is 0 Å². The van der Waals surface area contributed by atoms with Crippen molar-refractivity contribution in [1.82, 2.24) is 19.7 Å². The van der Waals surface area contributed by atoms with Crippen molar-refractivity contribution in [1.29, 1.82) is 0 Å². The summed E-state index contributed by atoms with van der Waals surface area (Å²) in [5.41, 5.74) is 2.15. The smallest absolute Gasteiger partial charge is 0.242 e. The molecule has 4 rings (SSSR count). The monoisotopic (exact) mass is 370 g/mol. The van der Waals surface area contributed by atoms with E-state index in [0.717, 1.165) is 36.3 Å². The molecule has 1 aliphatic carbocycles. The predicted octanol–water partition coefficient (Wildman–Crippen LogP) is 4.10. The molecule has 1 saturated carbocycles. The van der Waals surface area contributed by atoms with Gasteiger partial charge in [0.05, 0.1) is 0 Å². The summed E-state index contributed by atoms with van der Waals surface area (Å²) in [5, 5.41) is 7.25. The number of carbonyl (C=O) groups is 1. The van der Waals surface area contributed by atoms with Gasteiger partial charge >= 0.3 is 0 Å². The minimum Gasteiger partial charge on any atom is -0.338 e. The number of hydrogen-bond acceptors (Lipinski definition) is 3. The second kappa shape index (κ2) is 7.35. The van der Waals surface area contributed by atoms with E-state index in [1.807, 2.05) is 16.7 Å². The zero-order valence-corrected chi connectivity index (χ0v) is 16.1. The van der Waals surface area contributed by atoms with Gasteiger partial charge in [0.2, 0.25) is 5.91 Å². The summed E-state index contributed by atoms with van der Waals surface area (Å²) in [6.45, 7) is 3.20. The minimum absolute atomic E-state index is 0.174. The van der Waals surface area contributed by atoms with Gasteiger partial charge < -0.3 is 4.90 Å². The zero-order valence-electron chi connectivity index (χ0n) is 15.3. The van der Waals surface area contributed by atoms with E-state index in [9.17, 15) is 4.79 Å². The first-order valence-corrected chi connectivity index (χ1v) is 10.1. The topological polar surface area (TPSA) is 53.9 Å². The maximum absolute atomic E-state index is 13.1. The number of amides is 1. The molecule has 138 valence electrons. The standard InChI is InChI=1S/C20H26N4OS/c1-14-6-4-8-16(12-14)19-21-22-20(26)24(19)13-18(25)23-11-5-9-15-7-2-3-10-17(15)23/h4,6,8,12,15,17H,2-3,5,7,9-11,13H2,1H3,(H,22,26). The lowest BCUT2D eigenvalue weighted by molar-refractivity contribution is -0.138. The molecular weight excluding hydrogens is 344 g/mol. The average Bonchev–Trinajstić information content (AvgIpc) is 3.01. The van der Waals surface area contributed by atoms with Crippen molar-refractivity contribution < 1.29 is 4.79 Å². The van der Waals surface area contributed by atoms with Crippen LogP contribution in [0.3, 0.4) is 0 Å². The van der Waals surface area contributed by atoms with Gasteiger partial charge in [0.1, 0.15) is 6.54 Å². The molecule has 0 radical (unpaired) electrons. The number of carbonyl (C=O) groups excluding carboxylic acids is 1. The largest absolute Gasteiger partial charge is 0.338 e. The maximum atomic E-state index is 13.1. The average molecular weight is 371 g/mol. The highest BCUT2D eigenvalue weighted by atomic mass is 32.1. The molecule has 1 saturated heterocycles. The third-order valence-corrected chi connectivity index (χ3v) is 6.20. The number of nitrogens with one attached hydrogen (secondary N) is 1. The fourth-order valence-corrected chi connectivity index (χ4v) is 4.83. The molecule has 1 N–H and O–H groups in total. The normalized spacial score (nSPS) is 22.9. The van der Waals surface area contributed by atoms with Crippen LogP contribution in [0.25, 0.3) is 11.4 Å². The van der Waals surface area contributed by atoms with E-state index < -0.39 is 0 Å². The van der Waals surface area contributed by atoms with Crippen molar-refractivity contribution in [3.63, 3.8) is 0 Å². The number of benzene rings is 1. The second-order valence-corrected chi connectivity index (χ2v) is 8.04. The molecular formula is C20H26N4OS. The van der Waals surface area contributed by atoms with Crippen LogP contribution in [0.2, 0.25) is 0 Å². The number of nitrogens with zero attached hydrogens (tertiary/aromatic N) is 3. The number of piperidine rings is 1. The first-order valence-electron chi connectivity index (χ1n) is 9.65. The number of likely N-dealkylation sites (tertiary alicyclic amines) is 1. The van der Waals surface area contributed by atoms with Crippen LogP contribution < -0.4 is 0 Å². The van der Waals surface area contributed by atoms with Gasteiger partial charge in [-0.15, -0.1) is 0 Å². The van der Waals surface area contributed by atoms with Crippen LogP contribution in [0, 0.1) is 17.6 Å². The summed E-state index contributed by atoms with van der Waals surface area (Å²) < 4.78 is 2.35. The van der Waals surface area contributed by atoms with Crippen LogP contribution in [0.1, 0.15) is 44.1 Å². The van der Waals surface area contributed by atoms with Crippen LogP contribution in [0.4, 0.5) is 0 Å². The second-order valence-electron chi connectivity index (χ2n) is 7.65. The Morgan fingerprint density at radius 1 is 1.27 bits per heavy atom. The Morgan fingerprint density at radius 3 is 2.92 bits per heavy atom. The lowest BCUT2D eigenvalue weighted by Gasteiger charge is -2.44. The van der Waals surface area contributed by atoms with Gasteiger partial charge in [-0.1, -0.05) is 36.6 Å². The number of aromatic amines is 1. The van der Waals surface area contributed by atoms with E-state index in [0.29, 0.717) is 16.7 Å². The highest BCUT2D eigenvalue weighted by Gasteiger charge is 2.35. The summed E-state index contributed by atoms with van der Waals surface area (Å²) in [6.07, 6.45) is 7.37. The van der Waals surface area contributed by atoms with E-state index in [4.69, 9.17) is 12.2 Å². The Kier molecular flexibility index (Phi) is 4.94. The van der Waals surface area contributed by atoms with Gasteiger partial charge in [-0.3, -0.25) is 14.5 Å². The molecule has 2 unspecified atom stereocenters. The molecule has 2 aliphatic rings. The highest BCUT2D eigenvalue weighted by Crippen LogP contribution is 2.35. The number of aryl methyl sites for hydroxylation is 1. The number of hydrogen-bond donors (Lipinski definition) is 1. The molecule has 2 aromatic rings. The summed E-state index contributed by atoms with van der Waals surface area (Å²) in [6, 6.07) is 8.57. The predicted molar refractivity (Wildman–Crippen MR) is 104 cm³/mol. The van der Waals surface area contributed by atoms with Crippen LogP contribution >= 0.6 is 12.2 Å². The molecule has 1 aromatic heterocycles. The van der Waals surface area contributed by atoms with Gasteiger partial charge in [-0.05, 0) is 56.8 Å². The molecule has 6 heteroatoms. The molecule has 1 aromatic carbocycles. The first kappa shape index (κ1) is 17.5. The molecule has 0 bridgehead atoms. The van der Waals surface area contributed by atoms with Crippen LogP contribution in [-0.2, 0) is 11.3 Å². The molecule has 2 heterocycles. The number of H-pyrrole nitrogens is 1. The van der Waals surface area contributed by atoms with E-state index in [-0.39, 0.29) is 12.5 Å². The molecule has 1 aliphatic heterocycles. The summed E-state index contributed by atoms with van der Waals surface area (Å²) in [4.78, 5) is 15.3. The molecule has 2 atom stereocenters. The van der Waals surface area contributed by atoms with E-state index in [1.54, 1.807) is 0 Å². The van der Waals surface area contributed by atoms with Gasteiger partial charge in [0.25, 0.3) is 0 Å². The Balaban J connectivity index is 1.58. The van der Waals surface area contributed by atoms with Crippen molar-refractivity contribution in [2.75, 3.05) is 6.54 Å². The summed E-state index contributed by atoms with van der Waals surface area (Å²) in [7, 11) is 0. The van der Waals surface area contributed by atoms with Gasteiger partial charge in [-0.2, -0.15) is 5.10 Å². The Labute approximate surface area is 159 Å². The SMILES string of the molecule is Cc1cccc(-c2n[nH]c(=S)n2CC(=O)N2CCCC3CCCCC32)c1. The quantitative estimate of drug-likeness (QED) is 0.828. The number of fused-ring (bicyclic) bond motifs is 1. The molecule has 2 fully saturated rings.